The van der Waals surface area contributed by atoms with Gasteiger partial charge in [0, 0.05) is 5.69 Å². The molecule has 3 aromatic rings. The fourth-order valence-electron chi connectivity index (χ4n) is 2.50. The molecule has 5 nitrogen and oxygen atoms in total. The van der Waals surface area contributed by atoms with Crippen LogP contribution in [-0.2, 0) is 6.18 Å². The van der Waals surface area contributed by atoms with E-state index < -0.39 is 11.7 Å². The molecule has 28 heavy (non-hydrogen) atoms. The maximum absolute atomic E-state index is 12.8. The summed E-state index contributed by atoms with van der Waals surface area (Å²) in [7, 11) is 1.47. The minimum absolute atomic E-state index is 0.280. The normalized spacial score (nSPS) is 11.0. The number of anilines is 3. The van der Waals surface area contributed by atoms with Crippen LogP contribution in [0.3, 0.4) is 0 Å². The second-order valence-corrected chi connectivity index (χ2v) is 5.79. The van der Waals surface area contributed by atoms with Gasteiger partial charge in [-0.05, 0) is 42.5 Å². The molecule has 1 aromatic heterocycles. The van der Waals surface area contributed by atoms with Crippen molar-refractivity contribution in [3.8, 4) is 5.75 Å². The zero-order valence-electron chi connectivity index (χ0n) is 14.7. The van der Waals surface area contributed by atoms with Crippen LogP contribution in [0.25, 0.3) is 0 Å². The van der Waals surface area contributed by atoms with Crippen molar-refractivity contribution in [2.75, 3.05) is 17.7 Å². The number of nitrogens with one attached hydrogen (secondary N) is 2. The molecule has 0 saturated heterocycles. The number of methoxy groups -OCH3 is 1. The Morgan fingerprint density at radius 2 is 1.79 bits per heavy atom. The van der Waals surface area contributed by atoms with Gasteiger partial charge in [0.1, 0.15) is 11.6 Å². The van der Waals surface area contributed by atoms with Crippen LogP contribution in [0.2, 0.25) is 0 Å². The molecule has 1 heterocycles. The fraction of sp³-hybridized carbons (Fsp3) is 0.100. The average molecular weight is 387 g/mol. The molecule has 2 N–H and O–H groups in total. The number of benzene rings is 2. The molecular formula is C20H16F3N3O2. The van der Waals surface area contributed by atoms with Gasteiger partial charge in [-0.3, -0.25) is 4.79 Å². The van der Waals surface area contributed by atoms with Crippen molar-refractivity contribution in [1.82, 2.24) is 4.98 Å². The van der Waals surface area contributed by atoms with Crippen LogP contribution >= 0.6 is 0 Å². The average Bonchev–Trinajstić information content (AvgIpc) is 2.69. The van der Waals surface area contributed by atoms with Gasteiger partial charge in [0.2, 0.25) is 0 Å². The van der Waals surface area contributed by atoms with E-state index in [1.165, 1.54) is 25.4 Å². The van der Waals surface area contributed by atoms with Crippen LogP contribution in [0.1, 0.15) is 15.9 Å². The van der Waals surface area contributed by atoms with Crippen molar-refractivity contribution in [3.05, 3.63) is 78.0 Å². The summed E-state index contributed by atoms with van der Waals surface area (Å²) < 4.78 is 43.5. The molecule has 0 atom stereocenters. The first-order chi connectivity index (χ1) is 13.4. The van der Waals surface area contributed by atoms with E-state index >= 15 is 0 Å². The Morgan fingerprint density at radius 1 is 1.00 bits per heavy atom. The van der Waals surface area contributed by atoms with Crippen molar-refractivity contribution in [3.63, 3.8) is 0 Å². The van der Waals surface area contributed by atoms with E-state index in [-0.39, 0.29) is 11.6 Å². The zero-order valence-corrected chi connectivity index (χ0v) is 14.7. The lowest BCUT2D eigenvalue weighted by Crippen LogP contribution is -2.14. The highest BCUT2D eigenvalue weighted by atomic mass is 19.4. The van der Waals surface area contributed by atoms with Gasteiger partial charge >= 0.3 is 6.18 Å². The molecule has 3 rings (SSSR count). The number of carbonyl (C=O) groups excluding carboxylic acids is 1. The molecular weight excluding hydrogens is 371 g/mol. The third-order valence-electron chi connectivity index (χ3n) is 3.84. The first kappa shape index (κ1) is 19.2. The summed E-state index contributed by atoms with van der Waals surface area (Å²) in [5, 5.41) is 5.50. The van der Waals surface area contributed by atoms with Crippen LogP contribution in [0, 0.1) is 0 Å². The Labute approximate surface area is 159 Å². The second-order valence-electron chi connectivity index (χ2n) is 5.79. The number of nitrogens with zero attached hydrogens (tertiary/aromatic N) is 1. The fourth-order valence-corrected chi connectivity index (χ4v) is 2.50. The molecule has 0 unspecified atom stereocenters. The number of pyridine rings is 1. The van der Waals surface area contributed by atoms with Crippen molar-refractivity contribution < 1.29 is 22.7 Å². The standard InChI is InChI=1S/C20H16F3N3O2/c1-28-17-8-3-2-7-16(17)19(27)26-18-10-9-15(12-24-18)25-14-6-4-5-13(11-14)20(21,22)23/h2-12,25H,1H3,(H,24,26,27). The van der Waals surface area contributed by atoms with Gasteiger partial charge in [0.05, 0.1) is 30.1 Å². The molecule has 0 fully saturated rings. The summed E-state index contributed by atoms with van der Waals surface area (Å²) in [6.07, 6.45) is -3.00. The molecule has 0 aliphatic rings. The van der Waals surface area contributed by atoms with E-state index in [1.807, 2.05) is 0 Å². The number of para-hydroxylation sites is 1. The molecule has 0 radical (unpaired) electrons. The van der Waals surface area contributed by atoms with Gasteiger partial charge in [-0.15, -0.1) is 0 Å². The molecule has 0 spiro atoms. The van der Waals surface area contributed by atoms with Crippen molar-refractivity contribution in [1.29, 1.82) is 0 Å². The molecule has 0 aliphatic heterocycles. The summed E-state index contributed by atoms with van der Waals surface area (Å²) >= 11 is 0. The number of hydrogen-bond donors (Lipinski definition) is 2. The van der Waals surface area contributed by atoms with E-state index in [9.17, 15) is 18.0 Å². The van der Waals surface area contributed by atoms with Gasteiger partial charge < -0.3 is 15.4 Å². The Morgan fingerprint density at radius 3 is 2.46 bits per heavy atom. The molecule has 0 bridgehead atoms. The Balaban J connectivity index is 1.69. The predicted octanol–water partition coefficient (Wildman–Crippen LogP) is 5.10. The van der Waals surface area contributed by atoms with Gasteiger partial charge in [-0.1, -0.05) is 18.2 Å². The molecule has 0 aliphatic carbocycles. The van der Waals surface area contributed by atoms with E-state index in [1.54, 1.807) is 36.4 Å². The van der Waals surface area contributed by atoms with Crippen LogP contribution in [0.15, 0.2) is 66.9 Å². The van der Waals surface area contributed by atoms with E-state index in [0.29, 0.717) is 22.8 Å². The van der Waals surface area contributed by atoms with Crippen molar-refractivity contribution in [2.24, 2.45) is 0 Å². The van der Waals surface area contributed by atoms with Crippen molar-refractivity contribution in [2.45, 2.75) is 6.18 Å². The molecule has 0 saturated carbocycles. The summed E-state index contributed by atoms with van der Waals surface area (Å²) in [4.78, 5) is 16.5. The lowest BCUT2D eigenvalue weighted by Gasteiger charge is -2.11. The van der Waals surface area contributed by atoms with Crippen LogP contribution < -0.4 is 15.4 Å². The van der Waals surface area contributed by atoms with Gasteiger partial charge in [-0.25, -0.2) is 4.98 Å². The number of alkyl halides is 3. The van der Waals surface area contributed by atoms with Crippen molar-refractivity contribution >= 4 is 23.1 Å². The van der Waals surface area contributed by atoms with Gasteiger partial charge in [-0.2, -0.15) is 13.2 Å². The Hall–Kier alpha value is -3.55. The summed E-state index contributed by atoms with van der Waals surface area (Å²) in [6.45, 7) is 0. The van der Waals surface area contributed by atoms with Crippen LogP contribution in [0.5, 0.6) is 5.75 Å². The van der Waals surface area contributed by atoms with Gasteiger partial charge in [0.25, 0.3) is 5.91 Å². The number of halogens is 3. The highest BCUT2D eigenvalue weighted by molar-refractivity contribution is 6.05. The lowest BCUT2D eigenvalue weighted by molar-refractivity contribution is -0.137. The minimum atomic E-state index is -4.41. The second kappa shape index (κ2) is 7.99. The Bertz CT molecular complexity index is 973. The highest BCUT2D eigenvalue weighted by Crippen LogP contribution is 2.31. The number of amides is 1. The topological polar surface area (TPSA) is 63.2 Å². The maximum atomic E-state index is 12.8. The SMILES string of the molecule is COc1ccccc1C(=O)Nc1ccc(Nc2cccc(C(F)(F)F)c2)cn1. The van der Waals surface area contributed by atoms with E-state index in [4.69, 9.17) is 4.74 Å². The smallest absolute Gasteiger partial charge is 0.416 e. The third-order valence-corrected chi connectivity index (χ3v) is 3.84. The maximum Gasteiger partial charge on any atom is 0.416 e. The van der Waals surface area contributed by atoms with Gasteiger partial charge in [0.15, 0.2) is 0 Å². The summed E-state index contributed by atoms with van der Waals surface area (Å²) in [5.41, 5.74) is 0.376. The highest BCUT2D eigenvalue weighted by Gasteiger charge is 2.30. The predicted molar refractivity (Wildman–Crippen MR) is 99.9 cm³/mol. The number of ether oxygens (including phenoxy) is 1. The Kier molecular flexibility index (Phi) is 5.49. The third kappa shape index (κ3) is 4.59. The molecule has 144 valence electrons. The lowest BCUT2D eigenvalue weighted by atomic mass is 10.2. The summed E-state index contributed by atoms with van der Waals surface area (Å²) in [5.74, 6) is 0.344. The zero-order chi connectivity index (χ0) is 20.1. The minimum Gasteiger partial charge on any atom is -0.496 e. The van der Waals surface area contributed by atoms with Crippen LogP contribution in [-0.4, -0.2) is 18.0 Å². The first-order valence-electron chi connectivity index (χ1n) is 8.21. The number of carbonyl (C=O) groups is 1. The first-order valence-corrected chi connectivity index (χ1v) is 8.21. The quantitative estimate of drug-likeness (QED) is 0.639. The van der Waals surface area contributed by atoms with E-state index in [2.05, 4.69) is 15.6 Å². The van der Waals surface area contributed by atoms with E-state index in [0.717, 1.165) is 12.1 Å². The number of rotatable bonds is 5. The number of hydrogen-bond acceptors (Lipinski definition) is 4. The molecule has 1 amide bonds. The summed E-state index contributed by atoms with van der Waals surface area (Å²) in [6, 6.07) is 14.8. The van der Waals surface area contributed by atoms with Crippen LogP contribution in [0.4, 0.5) is 30.4 Å². The monoisotopic (exact) mass is 387 g/mol. The largest absolute Gasteiger partial charge is 0.496 e. The number of aromatic nitrogens is 1. The molecule has 8 heteroatoms. The molecule has 2 aromatic carbocycles.